The monoisotopic (exact) mass is 416 g/mol. The second kappa shape index (κ2) is 6.69. The van der Waals surface area contributed by atoms with E-state index in [9.17, 15) is 19.2 Å². The van der Waals surface area contributed by atoms with Gasteiger partial charge in [-0.15, -0.1) is 22.7 Å². The number of aromatic nitrogens is 3. The van der Waals surface area contributed by atoms with Crippen molar-refractivity contribution in [3.8, 4) is 0 Å². The highest BCUT2D eigenvalue weighted by atomic mass is 32.1. The van der Waals surface area contributed by atoms with Gasteiger partial charge in [0.2, 0.25) is 0 Å². The van der Waals surface area contributed by atoms with Gasteiger partial charge in [-0.3, -0.25) is 23.5 Å². The van der Waals surface area contributed by atoms with E-state index >= 15 is 0 Å². The average Bonchev–Trinajstić information content (AvgIpc) is 3.45. The summed E-state index contributed by atoms with van der Waals surface area (Å²) >= 11 is 2.30. The van der Waals surface area contributed by atoms with Crippen molar-refractivity contribution in [1.29, 1.82) is 0 Å². The maximum Gasteiger partial charge on any atom is 0.332 e. The topological polar surface area (TPSA) is 107 Å². The van der Waals surface area contributed by atoms with Crippen molar-refractivity contribution in [3.05, 3.63) is 65.6 Å². The standard InChI is InChI=1S/C17H12N4O5S2/c1-19-12-11(15(24)20(2)17(19)25)16(26-18-12)21(13(22)9-5-3-7-27-9)14(23)10-6-4-8-28-10/h3-8H,1-2H3. The second-order valence-corrected chi connectivity index (χ2v) is 7.69. The summed E-state index contributed by atoms with van der Waals surface area (Å²) in [5, 5.41) is 7.03. The molecule has 0 unspecified atom stereocenters. The molecule has 4 heterocycles. The molecule has 4 rings (SSSR count). The molecule has 4 aromatic rings. The Kier molecular flexibility index (Phi) is 4.32. The van der Waals surface area contributed by atoms with Crippen molar-refractivity contribution in [2.75, 3.05) is 4.90 Å². The maximum atomic E-state index is 13.1. The van der Waals surface area contributed by atoms with Gasteiger partial charge < -0.3 is 4.52 Å². The zero-order valence-corrected chi connectivity index (χ0v) is 16.2. The molecule has 142 valence electrons. The molecule has 4 aromatic heterocycles. The number of rotatable bonds is 3. The molecule has 0 saturated heterocycles. The number of nitrogens with zero attached hydrogens (tertiary/aromatic N) is 4. The molecule has 0 fully saturated rings. The fraction of sp³-hybridized carbons (Fsp3) is 0.118. The summed E-state index contributed by atoms with van der Waals surface area (Å²) in [6.45, 7) is 0. The van der Waals surface area contributed by atoms with Gasteiger partial charge in [0, 0.05) is 14.1 Å². The van der Waals surface area contributed by atoms with Gasteiger partial charge >= 0.3 is 5.69 Å². The molecule has 0 aliphatic carbocycles. The van der Waals surface area contributed by atoms with Crippen molar-refractivity contribution in [3.63, 3.8) is 0 Å². The van der Waals surface area contributed by atoms with Gasteiger partial charge in [-0.2, -0.15) is 0 Å². The van der Waals surface area contributed by atoms with E-state index in [-0.39, 0.29) is 26.7 Å². The Morgan fingerprint density at radius 2 is 1.57 bits per heavy atom. The number of hydrogen-bond acceptors (Lipinski definition) is 8. The van der Waals surface area contributed by atoms with E-state index in [0.717, 1.165) is 36.7 Å². The number of imide groups is 1. The minimum absolute atomic E-state index is 0.0499. The van der Waals surface area contributed by atoms with Crippen LogP contribution in [0.4, 0.5) is 5.88 Å². The maximum absolute atomic E-state index is 13.1. The molecule has 0 atom stereocenters. The van der Waals surface area contributed by atoms with Gasteiger partial charge in [0.05, 0.1) is 9.75 Å². The zero-order valence-electron chi connectivity index (χ0n) is 14.6. The molecule has 0 bridgehead atoms. The van der Waals surface area contributed by atoms with E-state index in [4.69, 9.17) is 4.52 Å². The predicted octanol–water partition coefficient (Wildman–Crippen LogP) is 1.84. The van der Waals surface area contributed by atoms with Crippen molar-refractivity contribution in [2.24, 2.45) is 14.1 Å². The van der Waals surface area contributed by atoms with E-state index in [2.05, 4.69) is 5.16 Å². The highest BCUT2D eigenvalue weighted by Gasteiger charge is 2.34. The van der Waals surface area contributed by atoms with E-state index in [0.29, 0.717) is 0 Å². The normalized spacial score (nSPS) is 11.1. The van der Waals surface area contributed by atoms with Crippen molar-refractivity contribution in [2.45, 2.75) is 0 Å². The van der Waals surface area contributed by atoms with Crippen LogP contribution < -0.4 is 16.1 Å². The van der Waals surface area contributed by atoms with Gasteiger partial charge in [0.15, 0.2) is 11.0 Å². The lowest BCUT2D eigenvalue weighted by Gasteiger charge is -2.16. The summed E-state index contributed by atoms with van der Waals surface area (Å²) in [5.41, 5.74) is -1.36. The number of hydrogen-bond donors (Lipinski definition) is 0. The van der Waals surface area contributed by atoms with Crippen LogP contribution in [0, 0.1) is 0 Å². The molecule has 0 aliphatic heterocycles. The Labute approximate surface area is 164 Å². The quantitative estimate of drug-likeness (QED) is 0.472. The summed E-state index contributed by atoms with van der Waals surface area (Å²) in [5.74, 6) is -1.62. The molecule has 0 aromatic carbocycles. The lowest BCUT2D eigenvalue weighted by Crippen LogP contribution is -2.39. The predicted molar refractivity (Wildman–Crippen MR) is 104 cm³/mol. The molecule has 0 aliphatic rings. The van der Waals surface area contributed by atoms with Crippen LogP contribution in [0.3, 0.4) is 0 Å². The lowest BCUT2D eigenvalue weighted by molar-refractivity contribution is 0.0894. The lowest BCUT2D eigenvalue weighted by atomic mass is 10.3. The minimum Gasteiger partial charge on any atom is -0.335 e. The van der Waals surface area contributed by atoms with E-state index in [1.54, 1.807) is 35.0 Å². The van der Waals surface area contributed by atoms with E-state index in [1.807, 2.05) is 0 Å². The number of carbonyl (C=O) groups is 2. The SMILES string of the molecule is Cn1c(=O)c2c(N(C(=O)c3cccs3)C(=O)c3cccs3)onc2n(C)c1=O. The Balaban J connectivity index is 2.00. The van der Waals surface area contributed by atoms with Crippen LogP contribution in [0.15, 0.2) is 49.1 Å². The summed E-state index contributed by atoms with van der Waals surface area (Å²) in [6, 6.07) is 6.47. The fourth-order valence-electron chi connectivity index (χ4n) is 2.71. The van der Waals surface area contributed by atoms with Crippen LogP contribution in [0.1, 0.15) is 19.3 Å². The van der Waals surface area contributed by atoms with Crippen LogP contribution in [-0.2, 0) is 14.1 Å². The number of thiophene rings is 2. The summed E-state index contributed by atoms with van der Waals surface area (Å²) < 4.78 is 7.24. The first-order valence-corrected chi connectivity index (χ1v) is 9.69. The largest absolute Gasteiger partial charge is 0.335 e. The number of fused-ring (bicyclic) bond motifs is 1. The van der Waals surface area contributed by atoms with E-state index < -0.39 is 23.1 Å². The Bertz CT molecular complexity index is 1270. The Morgan fingerprint density at radius 1 is 1.00 bits per heavy atom. The van der Waals surface area contributed by atoms with Crippen molar-refractivity contribution in [1.82, 2.24) is 14.3 Å². The summed E-state index contributed by atoms with van der Waals surface area (Å²) in [6.07, 6.45) is 0. The summed E-state index contributed by atoms with van der Waals surface area (Å²) in [4.78, 5) is 52.4. The Morgan fingerprint density at radius 3 is 2.07 bits per heavy atom. The highest BCUT2D eigenvalue weighted by Crippen LogP contribution is 2.28. The average molecular weight is 416 g/mol. The van der Waals surface area contributed by atoms with Gasteiger partial charge in [-0.25, -0.2) is 9.69 Å². The molecule has 28 heavy (non-hydrogen) atoms. The molecular weight excluding hydrogens is 404 g/mol. The van der Waals surface area contributed by atoms with Crippen LogP contribution in [-0.4, -0.2) is 26.1 Å². The number of anilines is 1. The first kappa shape index (κ1) is 18.1. The number of aryl methyl sites for hydroxylation is 1. The van der Waals surface area contributed by atoms with Gasteiger partial charge in [-0.1, -0.05) is 17.3 Å². The highest BCUT2D eigenvalue weighted by molar-refractivity contribution is 7.13. The molecule has 0 N–H and O–H groups in total. The van der Waals surface area contributed by atoms with Crippen molar-refractivity contribution < 1.29 is 14.1 Å². The zero-order chi connectivity index (χ0) is 20.0. The first-order valence-electron chi connectivity index (χ1n) is 7.93. The second-order valence-electron chi connectivity index (χ2n) is 5.79. The van der Waals surface area contributed by atoms with Gasteiger partial charge in [0.1, 0.15) is 0 Å². The molecule has 0 spiro atoms. The molecule has 0 saturated carbocycles. The van der Waals surface area contributed by atoms with Gasteiger partial charge in [0.25, 0.3) is 23.3 Å². The molecule has 2 amide bonds. The smallest absolute Gasteiger partial charge is 0.332 e. The minimum atomic E-state index is -0.711. The third-order valence-corrected chi connectivity index (χ3v) is 5.86. The fourth-order valence-corrected chi connectivity index (χ4v) is 4.02. The molecule has 0 radical (unpaired) electrons. The van der Waals surface area contributed by atoms with Crippen LogP contribution in [0.25, 0.3) is 11.0 Å². The third kappa shape index (κ3) is 2.63. The van der Waals surface area contributed by atoms with E-state index in [1.165, 1.54) is 14.1 Å². The first-order chi connectivity index (χ1) is 13.4. The molecular formula is C17H12N4O5S2. The third-order valence-electron chi connectivity index (χ3n) is 4.14. The number of amides is 2. The van der Waals surface area contributed by atoms with Crippen LogP contribution in [0.5, 0.6) is 0 Å². The van der Waals surface area contributed by atoms with Crippen LogP contribution >= 0.6 is 22.7 Å². The summed E-state index contributed by atoms with van der Waals surface area (Å²) in [7, 11) is 2.72. The number of carbonyl (C=O) groups excluding carboxylic acids is 2. The Hall–Kier alpha value is -3.31. The van der Waals surface area contributed by atoms with Crippen molar-refractivity contribution >= 4 is 51.4 Å². The molecule has 9 nitrogen and oxygen atoms in total. The molecule has 11 heteroatoms. The van der Waals surface area contributed by atoms with Gasteiger partial charge in [-0.05, 0) is 22.9 Å². The van der Waals surface area contributed by atoms with Crippen LogP contribution in [0.2, 0.25) is 0 Å².